The first kappa shape index (κ1) is 16.1. The van der Waals surface area contributed by atoms with E-state index >= 15 is 0 Å². The van der Waals surface area contributed by atoms with Crippen LogP contribution in [0, 0.1) is 0 Å². The molecule has 0 aliphatic carbocycles. The minimum Gasteiger partial charge on any atom is -0.479 e. The number of benzene rings is 2. The number of carbonyl (C=O) groups is 2. The van der Waals surface area contributed by atoms with Crippen molar-refractivity contribution in [3.8, 4) is 11.5 Å². The van der Waals surface area contributed by atoms with Gasteiger partial charge in [0.1, 0.15) is 11.5 Å². The maximum Gasteiger partial charge on any atom is 0.344 e. The number of hydrogen-bond acceptors (Lipinski definition) is 4. The average molecular weight is 345 g/mol. The number of hydrogen-bond donors (Lipinski definition) is 1. The summed E-state index contributed by atoms with van der Waals surface area (Å²) in [6.07, 6.45) is 0.628. The molecule has 1 N–H and O–H groups in total. The molecule has 0 bridgehead atoms. The van der Waals surface area contributed by atoms with Crippen LogP contribution in [0.15, 0.2) is 48.2 Å². The van der Waals surface area contributed by atoms with Crippen LogP contribution in [0.25, 0.3) is 6.08 Å². The summed E-state index contributed by atoms with van der Waals surface area (Å²) in [5.41, 5.74) is 1.19. The van der Waals surface area contributed by atoms with Gasteiger partial charge < -0.3 is 14.6 Å². The first-order valence-corrected chi connectivity index (χ1v) is 7.55. The van der Waals surface area contributed by atoms with Gasteiger partial charge in [0.15, 0.2) is 11.9 Å². The Balaban J connectivity index is 1.84. The fourth-order valence-electron chi connectivity index (χ4n) is 2.21. The Kier molecular flexibility index (Phi) is 4.27. The molecule has 2 aromatic rings. The van der Waals surface area contributed by atoms with Crippen molar-refractivity contribution in [2.75, 3.05) is 0 Å². The molecule has 1 atom stereocenters. The molecule has 2 aromatic carbocycles. The molecule has 0 fully saturated rings. The van der Waals surface area contributed by atoms with Gasteiger partial charge in [-0.15, -0.1) is 0 Å². The minimum absolute atomic E-state index is 0.191. The Morgan fingerprint density at radius 1 is 1.25 bits per heavy atom. The largest absolute Gasteiger partial charge is 0.479 e. The van der Waals surface area contributed by atoms with Gasteiger partial charge in [0.25, 0.3) is 0 Å². The monoisotopic (exact) mass is 344 g/mol. The Morgan fingerprint density at radius 3 is 2.62 bits per heavy atom. The van der Waals surface area contributed by atoms with Crippen molar-refractivity contribution in [3.63, 3.8) is 0 Å². The molecule has 1 heterocycles. The van der Waals surface area contributed by atoms with Crippen LogP contribution in [-0.2, 0) is 4.79 Å². The molecule has 0 saturated heterocycles. The number of carboxylic acid groups (broad SMARTS) is 1. The van der Waals surface area contributed by atoms with Crippen LogP contribution in [0.1, 0.15) is 22.8 Å². The van der Waals surface area contributed by atoms with E-state index in [1.807, 2.05) is 0 Å². The normalized spacial score (nSPS) is 15.8. The summed E-state index contributed by atoms with van der Waals surface area (Å²) < 4.78 is 10.9. The quantitative estimate of drug-likeness (QED) is 0.854. The summed E-state index contributed by atoms with van der Waals surface area (Å²) in [5.74, 6) is -0.455. The lowest BCUT2D eigenvalue weighted by Crippen LogP contribution is -2.22. The number of halogens is 1. The highest BCUT2D eigenvalue weighted by atomic mass is 35.5. The predicted octanol–water partition coefficient (Wildman–Crippen LogP) is 3.81. The van der Waals surface area contributed by atoms with Gasteiger partial charge in [-0.05, 0) is 42.8 Å². The summed E-state index contributed by atoms with van der Waals surface area (Å²) >= 11 is 5.84. The van der Waals surface area contributed by atoms with Crippen molar-refractivity contribution >= 4 is 29.4 Å². The number of carboxylic acids is 1. The van der Waals surface area contributed by atoms with Crippen LogP contribution < -0.4 is 9.47 Å². The van der Waals surface area contributed by atoms with E-state index in [-0.39, 0.29) is 11.5 Å². The van der Waals surface area contributed by atoms with E-state index in [1.165, 1.54) is 13.0 Å². The fourth-order valence-corrected chi connectivity index (χ4v) is 2.33. The van der Waals surface area contributed by atoms with Gasteiger partial charge in [-0.25, -0.2) is 4.79 Å². The van der Waals surface area contributed by atoms with E-state index in [2.05, 4.69) is 0 Å². The number of carbonyl (C=O) groups excluding carboxylic acids is 1. The summed E-state index contributed by atoms with van der Waals surface area (Å²) in [6.45, 7) is 1.42. The van der Waals surface area contributed by atoms with Gasteiger partial charge in [0.2, 0.25) is 5.78 Å². The van der Waals surface area contributed by atoms with Crippen molar-refractivity contribution < 1.29 is 24.2 Å². The molecule has 0 spiro atoms. The molecule has 1 aliphatic heterocycles. The van der Waals surface area contributed by atoms with Gasteiger partial charge in [-0.1, -0.05) is 23.7 Å². The van der Waals surface area contributed by atoms with Gasteiger partial charge in [-0.2, -0.15) is 0 Å². The highest BCUT2D eigenvalue weighted by Gasteiger charge is 2.28. The van der Waals surface area contributed by atoms with Crippen LogP contribution in [0.3, 0.4) is 0 Å². The molecular weight excluding hydrogens is 332 g/mol. The van der Waals surface area contributed by atoms with E-state index in [0.717, 1.165) is 5.56 Å². The standard InChI is InChI=1S/C18H13ClO5/c1-10(18(21)22)23-13-6-7-14-15(9-13)24-16(17(14)20)8-11-2-4-12(19)5-3-11/h2-10H,1H3,(H,21,22). The predicted molar refractivity (Wildman–Crippen MR) is 88.6 cm³/mol. The number of Topliss-reactive ketones (excluding diaryl/α,β-unsaturated/α-hetero) is 1. The van der Waals surface area contributed by atoms with Crippen molar-refractivity contribution in [1.82, 2.24) is 0 Å². The smallest absolute Gasteiger partial charge is 0.344 e. The molecule has 6 heteroatoms. The Hall–Kier alpha value is -2.79. The van der Waals surface area contributed by atoms with E-state index < -0.39 is 12.1 Å². The van der Waals surface area contributed by atoms with Crippen molar-refractivity contribution in [2.45, 2.75) is 13.0 Å². The van der Waals surface area contributed by atoms with Crippen LogP contribution in [0.4, 0.5) is 0 Å². The molecule has 24 heavy (non-hydrogen) atoms. The van der Waals surface area contributed by atoms with Gasteiger partial charge in [-0.3, -0.25) is 4.79 Å². The molecule has 122 valence electrons. The second-order valence-electron chi connectivity index (χ2n) is 5.25. The van der Waals surface area contributed by atoms with E-state index in [1.54, 1.807) is 42.5 Å². The Bertz CT molecular complexity index is 839. The van der Waals surface area contributed by atoms with Crippen LogP contribution in [-0.4, -0.2) is 23.0 Å². The second kappa shape index (κ2) is 6.37. The van der Waals surface area contributed by atoms with Crippen molar-refractivity contribution in [3.05, 3.63) is 64.4 Å². The third-order valence-corrected chi connectivity index (χ3v) is 3.72. The number of allylic oxidation sites excluding steroid dienone is 1. The van der Waals surface area contributed by atoms with E-state index in [4.69, 9.17) is 26.2 Å². The molecule has 3 rings (SSSR count). The number of fused-ring (bicyclic) bond motifs is 1. The lowest BCUT2D eigenvalue weighted by molar-refractivity contribution is -0.144. The third-order valence-electron chi connectivity index (χ3n) is 3.47. The summed E-state index contributed by atoms with van der Waals surface area (Å²) in [4.78, 5) is 23.2. The van der Waals surface area contributed by atoms with Crippen LogP contribution in [0.5, 0.6) is 11.5 Å². The SMILES string of the molecule is CC(Oc1ccc2c(c1)OC(=Cc1ccc(Cl)cc1)C2=O)C(=O)O. The zero-order chi connectivity index (χ0) is 17.3. The van der Waals surface area contributed by atoms with Crippen molar-refractivity contribution in [1.29, 1.82) is 0 Å². The molecule has 1 aliphatic rings. The summed E-state index contributed by atoms with van der Waals surface area (Å²) in [6, 6.07) is 11.6. The molecule has 0 radical (unpaired) electrons. The second-order valence-corrected chi connectivity index (χ2v) is 5.68. The van der Waals surface area contributed by atoms with Gasteiger partial charge in [0, 0.05) is 11.1 Å². The van der Waals surface area contributed by atoms with Crippen LogP contribution >= 0.6 is 11.6 Å². The minimum atomic E-state index is -1.07. The fraction of sp³-hybridized carbons (Fsp3) is 0.111. The summed E-state index contributed by atoms with van der Waals surface area (Å²) in [7, 11) is 0. The molecule has 5 nitrogen and oxygen atoms in total. The summed E-state index contributed by atoms with van der Waals surface area (Å²) in [5, 5.41) is 9.48. The third kappa shape index (κ3) is 3.26. The lowest BCUT2D eigenvalue weighted by Gasteiger charge is -2.10. The molecule has 0 amide bonds. The topological polar surface area (TPSA) is 72.8 Å². The first-order valence-electron chi connectivity index (χ1n) is 7.17. The Labute approximate surface area is 143 Å². The number of ketones is 1. The molecule has 0 saturated carbocycles. The zero-order valence-corrected chi connectivity index (χ0v) is 13.4. The first-order chi connectivity index (χ1) is 11.4. The number of rotatable bonds is 4. The highest BCUT2D eigenvalue weighted by molar-refractivity contribution is 6.30. The van der Waals surface area contributed by atoms with Crippen molar-refractivity contribution in [2.24, 2.45) is 0 Å². The Morgan fingerprint density at radius 2 is 1.96 bits per heavy atom. The zero-order valence-electron chi connectivity index (χ0n) is 12.7. The van der Waals surface area contributed by atoms with Gasteiger partial charge in [0.05, 0.1) is 5.56 Å². The van der Waals surface area contributed by atoms with E-state index in [9.17, 15) is 9.59 Å². The maximum absolute atomic E-state index is 12.4. The molecule has 0 aromatic heterocycles. The number of aliphatic carboxylic acids is 1. The average Bonchev–Trinajstić information content (AvgIpc) is 2.85. The lowest BCUT2D eigenvalue weighted by atomic mass is 10.1. The van der Waals surface area contributed by atoms with Gasteiger partial charge >= 0.3 is 5.97 Å². The maximum atomic E-state index is 12.4. The molecule has 1 unspecified atom stereocenters. The van der Waals surface area contributed by atoms with E-state index in [0.29, 0.717) is 22.1 Å². The van der Waals surface area contributed by atoms with Crippen LogP contribution in [0.2, 0.25) is 5.02 Å². The molecular formula is C18H13ClO5. The highest BCUT2D eigenvalue weighted by Crippen LogP contribution is 2.35. The number of ether oxygens (including phenoxy) is 2.